The lowest BCUT2D eigenvalue weighted by Gasteiger charge is -1.92. The van der Waals surface area contributed by atoms with E-state index < -0.39 is 0 Å². The maximum atomic E-state index is 8.74. The highest BCUT2D eigenvalue weighted by Gasteiger charge is 1.96. The van der Waals surface area contributed by atoms with E-state index >= 15 is 0 Å². The quantitative estimate of drug-likeness (QED) is 0.618. The van der Waals surface area contributed by atoms with Gasteiger partial charge in [-0.2, -0.15) is 0 Å². The zero-order valence-electron chi connectivity index (χ0n) is 5.78. The van der Waals surface area contributed by atoms with E-state index in [0.717, 1.165) is 11.0 Å². The van der Waals surface area contributed by atoms with Crippen LogP contribution < -0.4 is 0 Å². The molecule has 0 radical (unpaired) electrons. The number of rotatable bonds is 1. The van der Waals surface area contributed by atoms with E-state index in [1.807, 2.05) is 0 Å². The van der Waals surface area contributed by atoms with E-state index in [9.17, 15) is 0 Å². The fourth-order valence-corrected chi connectivity index (χ4v) is 0.968. The molecular formula is C7H7N3O. The molecule has 2 heterocycles. The van der Waals surface area contributed by atoms with Crippen molar-refractivity contribution in [1.29, 1.82) is 0 Å². The second kappa shape index (κ2) is 2.32. The Morgan fingerprint density at radius 3 is 3.18 bits per heavy atom. The molecule has 0 saturated carbocycles. The normalized spacial score (nSPS) is 10.6. The molecule has 2 rings (SSSR count). The molecule has 56 valence electrons. The summed E-state index contributed by atoms with van der Waals surface area (Å²) < 4.78 is 0. The standard InChI is InChI=1S/C7H7N3O/c11-3-5-1-6-7(2-8-5)10-4-9-6/h1-2,4,11H,3H2,(H,9,10). The molecule has 2 aromatic heterocycles. The number of aromatic amines is 1. The summed E-state index contributed by atoms with van der Waals surface area (Å²) in [5.74, 6) is 0. The van der Waals surface area contributed by atoms with Gasteiger partial charge in [0.25, 0.3) is 0 Å². The summed E-state index contributed by atoms with van der Waals surface area (Å²) in [7, 11) is 0. The Bertz CT molecular complexity index is 368. The molecule has 2 N–H and O–H groups in total. The molecule has 0 spiro atoms. The van der Waals surface area contributed by atoms with Gasteiger partial charge in [0.2, 0.25) is 0 Å². The van der Waals surface area contributed by atoms with Crippen LogP contribution in [0.15, 0.2) is 18.6 Å². The number of pyridine rings is 1. The van der Waals surface area contributed by atoms with E-state index in [0.29, 0.717) is 5.69 Å². The van der Waals surface area contributed by atoms with Crippen molar-refractivity contribution in [3.8, 4) is 0 Å². The second-order valence-electron chi connectivity index (χ2n) is 2.25. The number of nitrogens with zero attached hydrogens (tertiary/aromatic N) is 2. The SMILES string of the molecule is OCc1cc2[nH]cnc2cn1. The van der Waals surface area contributed by atoms with Gasteiger partial charge in [0.15, 0.2) is 0 Å². The summed E-state index contributed by atoms with van der Waals surface area (Å²) in [4.78, 5) is 10.9. The molecule has 0 atom stereocenters. The topological polar surface area (TPSA) is 61.8 Å². The van der Waals surface area contributed by atoms with Crippen LogP contribution >= 0.6 is 0 Å². The van der Waals surface area contributed by atoms with Crippen molar-refractivity contribution in [3.63, 3.8) is 0 Å². The average molecular weight is 149 g/mol. The minimum atomic E-state index is -0.0328. The molecule has 11 heavy (non-hydrogen) atoms. The van der Waals surface area contributed by atoms with Crippen LogP contribution in [0.3, 0.4) is 0 Å². The predicted octanol–water partition coefficient (Wildman–Crippen LogP) is 0.450. The third-order valence-electron chi connectivity index (χ3n) is 1.53. The van der Waals surface area contributed by atoms with E-state index in [2.05, 4.69) is 15.0 Å². The number of fused-ring (bicyclic) bond motifs is 1. The minimum absolute atomic E-state index is 0.0328. The van der Waals surface area contributed by atoms with Crippen LogP contribution in [-0.2, 0) is 6.61 Å². The molecule has 0 aromatic carbocycles. The first-order chi connectivity index (χ1) is 5.40. The zero-order chi connectivity index (χ0) is 7.68. The first-order valence-electron chi connectivity index (χ1n) is 3.29. The van der Waals surface area contributed by atoms with Gasteiger partial charge in [-0.3, -0.25) is 4.98 Å². The molecule has 0 unspecified atom stereocenters. The van der Waals surface area contributed by atoms with Crippen molar-refractivity contribution in [2.24, 2.45) is 0 Å². The molecule has 0 bridgehead atoms. The summed E-state index contributed by atoms with van der Waals surface area (Å²) in [5, 5.41) is 8.74. The fraction of sp³-hybridized carbons (Fsp3) is 0.143. The smallest absolute Gasteiger partial charge is 0.107 e. The van der Waals surface area contributed by atoms with Gasteiger partial charge in [-0.15, -0.1) is 0 Å². The molecule has 0 fully saturated rings. The molecule has 4 heteroatoms. The lowest BCUT2D eigenvalue weighted by Crippen LogP contribution is -1.87. The summed E-state index contributed by atoms with van der Waals surface area (Å²) in [5.41, 5.74) is 2.38. The zero-order valence-corrected chi connectivity index (χ0v) is 5.78. The monoisotopic (exact) mass is 149 g/mol. The number of aliphatic hydroxyl groups is 1. The fourth-order valence-electron chi connectivity index (χ4n) is 0.968. The van der Waals surface area contributed by atoms with Crippen LogP contribution in [-0.4, -0.2) is 20.1 Å². The van der Waals surface area contributed by atoms with Crippen LogP contribution in [0.25, 0.3) is 11.0 Å². The van der Waals surface area contributed by atoms with Gasteiger partial charge in [0.1, 0.15) is 5.52 Å². The maximum Gasteiger partial charge on any atom is 0.107 e. The van der Waals surface area contributed by atoms with Gasteiger partial charge in [0.05, 0.1) is 30.3 Å². The highest BCUT2D eigenvalue weighted by molar-refractivity contribution is 5.73. The van der Waals surface area contributed by atoms with E-state index in [1.165, 1.54) is 0 Å². The highest BCUT2D eigenvalue weighted by atomic mass is 16.3. The Hall–Kier alpha value is -1.42. The first kappa shape index (κ1) is 6.30. The number of hydrogen-bond donors (Lipinski definition) is 2. The highest BCUT2D eigenvalue weighted by Crippen LogP contribution is 2.07. The van der Waals surface area contributed by atoms with Crippen molar-refractivity contribution in [2.75, 3.05) is 0 Å². The molecule has 0 aliphatic heterocycles. The molecule has 2 aromatic rings. The molecular weight excluding hydrogens is 142 g/mol. The third kappa shape index (κ3) is 0.969. The van der Waals surface area contributed by atoms with E-state index in [-0.39, 0.29) is 6.61 Å². The minimum Gasteiger partial charge on any atom is -0.390 e. The van der Waals surface area contributed by atoms with Crippen molar-refractivity contribution >= 4 is 11.0 Å². The van der Waals surface area contributed by atoms with Crippen LogP contribution in [0, 0.1) is 0 Å². The van der Waals surface area contributed by atoms with Crippen LogP contribution in [0.4, 0.5) is 0 Å². The Labute approximate surface area is 62.9 Å². The van der Waals surface area contributed by atoms with Gasteiger partial charge >= 0.3 is 0 Å². The molecule has 0 amide bonds. The molecule has 0 aliphatic rings. The number of imidazole rings is 1. The van der Waals surface area contributed by atoms with E-state index in [1.54, 1.807) is 18.6 Å². The van der Waals surface area contributed by atoms with Gasteiger partial charge < -0.3 is 10.1 Å². The van der Waals surface area contributed by atoms with Crippen molar-refractivity contribution in [3.05, 3.63) is 24.3 Å². The largest absolute Gasteiger partial charge is 0.390 e. The number of aliphatic hydroxyl groups excluding tert-OH is 1. The number of hydrogen-bond acceptors (Lipinski definition) is 3. The number of aromatic nitrogens is 3. The van der Waals surface area contributed by atoms with Crippen molar-refractivity contribution in [1.82, 2.24) is 15.0 Å². The van der Waals surface area contributed by atoms with E-state index in [4.69, 9.17) is 5.11 Å². The van der Waals surface area contributed by atoms with Gasteiger partial charge in [0, 0.05) is 0 Å². The van der Waals surface area contributed by atoms with Crippen molar-refractivity contribution in [2.45, 2.75) is 6.61 Å². The van der Waals surface area contributed by atoms with Crippen LogP contribution in [0.5, 0.6) is 0 Å². The molecule has 0 saturated heterocycles. The average Bonchev–Trinajstić information content (AvgIpc) is 2.50. The van der Waals surface area contributed by atoms with Gasteiger partial charge in [-0.1, -0.05) is 0 Å². The van der Waals surface area contributed by atoms with Crippen LogP contribution in [0.2, 0.25) is 0 Å². The Morgan fingerprint density at radius 2 is 2.36 bits per heavy atom. The third-order valence-corrected chi connectivity index (χ3v) is 1.53. The van der Waals surface area contributed by atoms with Gasteiger partial charge in [-0.05, 0) is 6.07 Å². The first-order valence-corrected chi connectivity index (χ1v) is 3.29. The van der Waals surface area contributed by atoms with Gasteiger partial charge in [-0.25, -0.2) is 4.98 Å². The summed E-state index contributed by atoms with van der Waals surface area (Å²) in [6.45, 7) is -0.0328. The van der Waals surface area contributed by atoms with Crippen molar-refractivity contribution < 1.29 is 5.11 Å². The molecule has 4 nitrogen and oxygen atoms in total. The predicted molar refractivity (Wildman–Crippen MR) is 39.8 cm³/mol. The Morgan fingerprint density at radius 1 is 1.45 bits per heavy atom. The Balaban J connectivity index is 2.67. The maximum absolute atomic E-state index is 8.74. The summed E-state index contributed by atoms with van der Waals surface area (Å²) in [6.07, 6.45) is 3.24. The van der Waals surface area contributed by atoms with Crippen LogP contribution in [0.1, 0.15) is 5.69 Å². The lowest BCUT2D eigenvalue weighted by molar-refractivity contribution is 0.277. The lowest BCUT2D eigenvalue weighted by atomic mass is 10.3. The Kier molecular flexibility index (Phi) is 1.33. The molecule has 0 aliphatic carbocycles. The number of H-pyrrole nitrogens is 1. The second-order valence-corrected chi connectivity index (χ2v) is 2.25. The summed E-state index contributed by atoms with van der Waals surface area (Å²) in [6, 6.07) is 1.78. The summed E-state index contributed by atoms with van der Waals surface area (Å²) >= 11 is 0. The number of nitrogens with one attached hydrogen (secondary N) is 1.